The summed E-state index contributed by atoms with van der Waals surface area (Å²) < 4.78 is 32.0. The molecule has 92 valence electrons. The zero-order chi connectivity index (χ0) is 13.3. The lowest BCUT2D eigenvalue weighted by Gasteiger charge is -2.05. The van der Waals surface area contributed by atoms with E-state index in [0.717, 1.165) is 12.1 Å². The van der Waals surface area contributed by atoms with Crippen LogP contribution >= 0.6 is 0 Å². The number of halogens is 2. The van der Waals surface area contributed by atoms with Crippen LogP contribution in [0.25, 0.3) is 11.3 Å². The van der Waals surface area contributed by atoms with Crippen LogP contribution in [0.2, 0.25) is 0 Å². The normalized spacial score (nSPS) is 10.2. The summed E-state index contributed by atoms with van der Waals surface area (Å²) in [6.07, 6.45) is 0. The molecule has 0 unspecified atom stereocenters. The first-order valence-electron chi connectivity index (χ1n) is 5.20. The van der Waals surface area contributed by atoms with E-state index in [1.54, 1.807) is 6.92 Å². The van der Waals surface area contributed by atoms with E-state index in [-0.39, 0.29) is 11.3 Å². The molecule has 1 N–H and O–H groups in total. The Kier molecular flexibility index (Phi) is 3.02. The van der Waals surface area contributed by atoms with Crippen LogP contribution in [0.15, 0.2) is 18.2 Å². The molecule has 1 aromatic heterocycles. The highest BCUT2D eigenvalue weighted by atomic mass is 19.1. The van der Waals surface area contributed by atoms with Crippen molar-refractivity contribution in [1.29, 1.82) is 5.26 Å². The fraction of sp³-hybridized carbons (Fsp3) is 0.154. The Morgan fingerprint density at radius 3 is 2.50 bits per heavy atom. The van der Waals surface area contributed by atoms with Gasteiger partial charge in [0, 0.05) is 23.0 Å². The number of benzene rings is 1. The van der Waals surface area contributed by atoms with Crippen LogP contribution in [0.3, 0.4) is 0 Å². The third-order valence-corrected chi connectivity index (χ3v) is 2.67. The lowest BCUT2D eigenvalue weighted by atomic mass is 10.1. The van der Waals surface area contributed by atoms with Crippen molar-refractivity contribution in [2.45, 2.75) is 6.92 Å². The number of hydrogen-bond acceptors (Lipinski definition) is 2. The van der Waals surface area contributed by atoms with Gasteiger partial charge in [-0.3, -0.25) is 0 Å². The third-order valence-electron chi connectivity index (χ3n) is 2.67. The number of nitrogens with zero attached hydrogens (tertiary/aromatic N) is 1. The summed E-state index contributed by atoms with van der Waals surface area (Å²) in [6.45, 7) is 1.69. The molecule has 0 aliphatic rings. The van der Waals surface area contributed by atoms with Crippen LogP contribution in [0.1, 0.15) is 11.3 Å². The maximum Gasteiger partial charge on any atom is 0.165 e. The van der Waals surface area contributed by atoms with Gasteiger partial charge in [0.05, 0.1) is 12.7 Å². The zero-order valence-corrected chi connectivity index (χ0v) is 9.84. The van der Waals surface area contributed by atoms with E-state index in [2.05, 4.69) is 9.72 Å². The van der Waals surface area contributed by atoms with E-state index in [9.17, 15) is 8.78 Å². The summed E-state index contributed by atoms with van der Waals surface area (Å²) in [5, 5.41) is 8.83. The minimum Gasteiger partial charge on any atom is -0.494 e. The number of ether oxygens (including phenoxy) is 1. The molecule has 0 bridgehead atoms. The van der Waals surface area contributed by atoms with Crippen LogP contribution in [0.4, 0.5) is 8.78 Å². The second-order valence-electron chi connectivity index (χ2n) is 3.80. The molecular formula is C13H10F2N2O. The average molecular weight is 248 g/mol. The van der Waals surface area contributed by atoms with Gasteiger partial charge in [0.2, 0.25) is 0 Å². The number of H-pyrrole nitrogens is 1. The highest BCUT2D eigenvalue weighted by Crippen LogP contribution is 2.29. The number of rotatable bonds is 2. The first-order valence-corrected chi connectivity index (χ1v) is 5.20. The molecule has 0 saturated heterocycles. The molecule has 2 rings (SSSR count). The Hall–Kier alpha value is -2.35. The predicted molar refractivity (Wildman–Crippen MR) is 62.1 cm³/mol. The van der Waals surface area contributed by atoms with Crippen LogP contribution < -0.4 is 4.74 Å². The molecule has 0 radical (unpaired) electrons. The average Bonchev–Trinajstić information content (AvgIpc) is 2.72. The SMILES string of the molecule is COc1cc(F)c(-c2cc(C#N)c(C)[nH]2)cc1F. The number of methoxy groups -OCH3 is 1. The van der Waals surface area contributed by atoms with Crippen LogP contribution in [0, 0.1) is 29.9 Å². The van der Waals surface area contributed by atoms with Crippen LogP contribution in [0.5, 0.6) is 5.75 Å². The van der Waals surface area contributed by atoms with Gasteiger partial charge < -0.3 is 9.72 Å². The number of aryl methyl sites for hydroxylation is 1. The van der Waals surface area contributed by atoms with Crippen LogP contribution in [-0.2, 0) is 0 Å². The maximum absolute atomic E-state index is 13.8. The second kappa shape index (κ2) is 4.49. The Bertz CT molecular complexity index is 641. The first-order chi connectivity index (χ1) is 8.56. The molecule has 3 nitrogen and oxygen atoms in total. The molecule has 0 amide bonds. The molecule has 0 aliphatic heterocycles. The molecule has 1 heterocycles. The van der Waals surface area contributed by atoms with E-state index in [0.29, 0.717) is 17.0 Å². The topological polar surface area (TPSA) is 48.8 Å². The summed E-state index contributed by atoms with van der Waals surface area (Å²) in [7, 11) is 1.27. The monoisotopic (exact) mass is 248 g/mol. The minimum atomic E-state index is -0.653. The first kappa shape index (κ1) is 12.1. The van der Waals surface area contributed by atoms with Crippen molar-refractivity contribution >= 4 is 0 Å². The zero-order valence-electron chi connectivity index (χ0n) is 9.84. The maximum atomic E-state index is 13.8. The predicted octanol–water partition coefficient (Wildman–Crippen LogP) is 3.15. The van der Waals surface area contributed by atoms with Gasteiger partial charge in [-0.05, 0) is 19.1 Å². The van der Waals surface area contributed by atoms with Crippen molar-refractivity contribution in [3.8, 4) is 23.1 Å². The van der Waals surface area contributed by atoms with E-state index in [1.165, 1.54) is 13.2 Å². The van der Waals surface area contributed by atoms with Gasteiger partial charge in [0.1, 0.15) is 11.9 Å². The van der Waals surface area contributed by atoms with Gasteiger partial charge in [-0.15, -0.1) is 0 Å². The van der Waals surface area contributed by atoms with Gasteiger partial charge in [0.15, 0.2) is 11.6 Å². The van der Waals surface area contributed by atoms with Crippen LogP contribution in [-0.4, -0.2) is 12.1 Å². The van der Waals surface area contributed by atoms with E-state index < -0.39 is 11.6 Å². The molecule has 0 fully saturated rings. The molecule has 18 heavy (non-hydrogen) atoms. The van der Waals surface area contributed by atoms with Gasteiger partial charge >= 0.3 is 0 Å². The fourth-order valence-corrected chi connectivity index (χ4v) is 1.71. The summed E-state index contributed by atoms with van der Waals surface area (Å²) in [5.74, 6) is -1.42. The lowest BCUT2D eigenvalue weighted by molar-refractivity contribution is 0.383. The summed E-state index contributed by atoms with van der Waals surface area (Å²) in [4.78, 5) is 2.85. The second-order valence-corrected chi connectivity index (χ2v) is 3.80. The number of nitriles is 1. The van der Waals surface area contributed by atoms with Crippen molar-refractivity contribution in [2.24, 2.45) is 0 Å². The Balaban J connectivity index is 2.57. The van der Waals surface area contributed by atoms with Gasteiger partial charge in [-0.25, -0.2) is 8.78 Å². The lowest BCUT2D eigenvalue weighted by Crippen LogP contribution is -1.93. The van der Waals surface area contributed by atoms with E-state index in [4.69, 9.17) is 5.26 Å². The van der Waals surface area contributed by atoms with Gasteiger partial charge in [-0.1, -0.05) is 0 Å². The fourth-order valence-electron chi connectivity index (χ4n) is 1.71. The molecule has 0 atom stereocenters. The molecule has 0 saturated carbocycles. The highest BCUT2D eigenvalue weighted by Gasteiger charge is 2.14. The summed E-state index contributed by atoms with van der Waals surface area (Å²) in [5.41, 5.74) is 1.45. The van der Waals surface area contributed by atoms with Crippen molar-refractivity contribution in [1.82, 2.24) is 4.98 Å². The van der Waals surface area contributed by atoms with Crippen molar-refractivity contribution in [3.63, 3.8) is 0 Å². The van der Waals surface area contributed by atoms with E-state index in [1.807, 2.05) is 6.07 Å². The Morgan fingerprint density at radius 1 is 1.22 bits per heavy atom. The number of aromatic amines is 1. The third kappa shape index (κ3) is 1.93. The molecule has 0 aliphatic carbocycles. The van der Waals surface area contributed by atoms with Gasteiger partial charge in [0.25, 0.3) is 0 Å². The smallest absolute Gasteiger partial charge is 0.165 e. The Labute approximate surface area is 103 Å². The number of hydrogen-bond donors (Lipinski definition) is 1. The quantitative estimate of drug-likeness (QED) is 0.887. The number of aromatic nitrogens is 1. The largest absolute Gasteiger partial charge is 0.494 e. The molecule has 1 aromatic carbocycles. The van der Waals surface area contributed by atoms with Crippen molar-refractivity contribution in [3.05, 3.63) is 41.1 Å². The van der Waals surface area contributed by atoms with Crippen molar-refractivity contribution < 1.29 is 13.5 Å². The van der Waals surface area contributed by atoms with E-state index >= 15 is 0 Å². The summed E-state index contributed by atoms with van der Waals surface area (Å²) >= 11 is 0. The standard InChI is InChI=1S/C13H10F2N2O/c1-7-8(6-16)3-12(17-7)9-4-11(15)13(18-2)5-10(9)14/h3-5,17H,1-2H3. The van der Waals surface area contributed by atoms with Gasteiger partial charge in [-0.2, -0.15) is 5.26 Å². The molecule has 0 spiro atoms. The minimum absolute atomic E-state index is 0.0675. The molecular weight excluding hydrogens is 238 g/mol. The number of nitrogens with one attached hydrogen (secondary N) is 1. The summed E-state index contributed by atoms with van der Waals surface area (Å²) in [6, 6.07) is 5.48. The van der Waals surface area contributed by atoms with Crippen molar-refractivity contribution in [2.75, 3.05) is 7.11 Å². The molecule has 5 heteroatoms. The Morgan fingerprint density at radius 2 is 1.94 bits per heavy atom. The highest BCUT2D eigenvalue weighted by molar-refractivity contribution is 5.64. The molecule has 2 aromatic rings.